The summed E-state index contributed by atoms with van der Waals surface area (Å²) in [7, 11) is 1.64. The number of ether oxygens (including phenoxy) is 1. The molecule has 4 rings (SSSR count). The van der Waals surface area contributed by atoms with E-state index in [4.69, 9.17) is 27.9 Å². The van der Waals surface area contributed by atoms with E-state index in [1.54, 1.807) is 24.1 Å². The second kappa shape index (κ2) is 14.6. The van der Waals surface area contributed by atoms with Gasteiger partial charge in [0.15, 0.2) is 0 Å². The molecular formula is C31H34Cl2N2O3S. The number of benzene rings is 3. The van der Waals surface area contributed by atoms with Crippen molar-refractivity contribution >= 4 is 46.8 Å². The van der Waals surface area contributed by atoms with Crippen molar-refractivity contribution in [2.24, 2.45) is 0 Å². The molecule has 1 fully saturated rings. The van der Waals surface area contributed by atoms with Gasteiger partial charge in [-0.1, -0.05) is 84.6 Å². The molecule has 39 heavy (non-hydrogen) atoms. The third-order valence-corrected chi connectivity index (χ3v) is 8.56. The van der Waals surface area contributed by atoms with Gasteiger partial charge in [0.1, 0.15) is 11.8 Å². The summed E-state index contributed by atoms with van der Waals surface area (Å²) in [4.78, 5) is 29.3. The zero-order chi connectivity index (χ0) is 27.6. The fourth-order valence-electron chi connectivity index (χ4n) is 4.82. The lowest BCUT2D eigenvalue weighted by Gasteiger charge is -2.32. The molecule has 0 heterocycles. The summed E-state index contributed by atoms with van der Waals surface area (Å²) in [5.41, 5.74) is 2.84. The summed E-state index contributed by atoms with van der Waals surface area (Å²) in [5.74, 6) is 1.47. The number of carbonyl (C=O) groups is 2. The Morgan fingerprint density at radius 3 is 2.38 bits per heavy atom. The molecule has 3 aromatic carbocycles. The lowest BCUT2D eigenvalue weighted by Crippen LogP contribution is -2.52. The van der Waals surface area contributed by atoms with Gasteiger partial charge in [0.2, 0.25) is 11.8 Å². The Kier molecular flexibility index (Phi) is 11.0. The van der Waals surface area contributed by atoms with Gasteiger partial charge < -0.3 is 15.0 Å². The summed E-state index contributed by atoms with van der Waals surface area (Å²) in [6.07, 6.45) is 4.58. The van der Waals surface area contributed by atoms with E-state index < -0.39 is 6.04 Å². The van der Waals surface area contributed by atoms with E-state index in [2.05, 4.69) is 5.32 Å². The van der Waals surface area contributed by atoms with Gasteiger partial charge in [-0.15, -0.1) is 11.8 Å². The third kappa shape index (κ3) is 8.66. The van der Waals surface area contributed by atoms with E-state index in [0.29, 0.717) is 22.2 Å². The van der Waals surface area contributed by atoms with Gasteiger partial charge in [-0.25, -0.2) is 0 Å². The molecule has 0 radical (unpaired) electrons. The molecule has 3 aromatic rings. The Morgan fingerprint density at radius 1 is 1.00 bits per heavy atom. The van der Waals surface area contributed by atoms with Crippen LogP contribution in [0.4, 0.5) is 0 Å². The molecule has 0 aliphatic heterocycles. The lowest BCUT2D eigenvalue weighted by atomic mass is 10.0. The maximum Gasteiger partial charge on any atom is 0.243 e. The van der Waals surface area contributed by atoms with Gasteiger partial charge in [0, 0.05) is 34.8 Å². The molecule has 2 amide bonds. The average molecular weight is 586 g/mol. The van der Waals surface area contributed by atoms with Crippen molar-refractivity contribution in [1.29, 1.82) is 0 Å². The number of methoxy groups -OCH3 is 1. The predicted octanol–water partition coefficient (Wildman–Crippen LogP) is 6.93. The number of hydrogen-bond acceptors (Lipinski definition) is 4. The summed E-state index contributed by atoms with van der Waals surface area (Å²) in [6.45, 7) is 0.216. The molecule has 0 unspecified atom stereocenters. The van der Waals surface area contributed by atoms with Gasteiger partial charge >= 0.3 is 0 Å². The number of thioether (sulfide) groups is 1. The minimum Gasteiger partial charge on any atom is -0.497 e. The maximum atomic E-state index is 13.8. The summed E-state index contributed by atoms with van der Waals surface area (Å²) < 4.78 is 5.24. The Bertz CT molecular complexity index is 1230. The van der Waals surface area contributed by atoms with Crippen LogP contribution in [0.3, 0.4) is 0 Å². The molecule has 1 N–H and O–H groups in total. The largest absolute Gasteiger partial charge is 0.497 e. The van der Waals surface area contributed by atoms with Crippen LogP contribution in [-0.4, -0.2) is 41.7 Å². The molecule has 0 saturated heterocycles. The van der Waals surface area contributed by atoms with Crippen molar-refractivity contribution < 1.29 is 14.3 Å². The Morgan fingerprint density at radius 2 is 1.72 bits per heavy atom. The summed E-state index contributed by atoms with van der Waals surface area (Å²) in [5, 5.41) is 4.23. The number of halogens is 2. The van der Waals surface area contributed by atoms with Gasteiger partial charge in [-0.2, -0.15) is 0 Å². The molecule has 0 spiro atoms. The Balaban J connectivity index is 1.57. The van der Waals surface area contributed by atoms with Crippen LogP contribution in [0, 0.1) is 0 Å². The second-order valence-corrected chi connectivity index (χ2v) is 11.6. The summed E-state index contributed by atoms with van der Waals surface area (Å²) >= 11 is 14.2. The van der Waals surface area contributed by atoms with Gasteiger partial charge in [0.25, 0.3) is 0 Å². The monoisotopic (exact) mass is 584 g/mol. The number of rotatable bonds is 12. The van der Waals surface area contributed by atoms with Crippen LogP contribution in [0.5, 0.6) is 5.75 Å². The van der Waals surface area contributed by atoms with E-state index in [-0.39, 0.29) is 30.2 Å². The fraction of sp³-hybridized carbons (Fsp3) is 0.355. The molecule has 1 saturated carbocycles. The molecular weight excluding hydrogens is 551 g/mol. The first kappa shape index (κ1) is 29.3. The number of amides is 2. The quantitative estimate of drug-likeness (QED) is 0.250. The normalized spacial score (nSPS) is 14.1. The highest BCUT2D eigenvalue weighted by atomic mass is 35.5. The van der Waals surface area contributed by atoms with E-state index >= 15 is 0 Å². The second-order valence-electron chi connectivity index (χ2n) is 9.79. The topological polar surface area (TPSA) is 58.6 Å². The minimum absolute atomic E-state index is 0.109. The van der Waals surface area contributed by atoms with Gasteiger partial charge in [-0.05, 0) is 53.8 Å². The zero-order valence-electron chi connectivity index (χ0n) is 22.1. The maximum absolute atomic E-state index is 13.8. The zero-order valence-corrected chi connectivity index (χ0v) is 24.4. The minimum atomic E-state index is -0.672. The molecule has 206 valence electrons. The van der Waals surface area contributed by atoms with Gasteiger partial charge in [-0.3, -0.25) is 9.59 Å². The van der Waals surface area contributed by atoms with Crippen molar-refractivity contribution in [2.45, 2.75) is 56.5 Å². The number of nitrogens with one attached hydrogen (secondary N) is 1. The van der Waals surface area contributed by atoms with Crippen LogP contribution in [0.2, 0.25) is 10.0 Å². The highest BCUT2D eigenvalue weighted by Crippen LogP contribution is 2.26. The van der Waals surface area contributed by atoms with Crippen molar-refractivity contribution in [3.05, 3.63) is 99.5 Å². The highest BCUT2D eigenvalue weighted by Gasteiger charge is 2.32. The smallest absolute Gasteiger partial charge is 0.243 e. The average Bonchev–Trinajstić information content (AvgIpc) is 3.45. The third-order valence-electron chi connectivity index (χ3n) is 6.98. The number of nitrogens with zero attached hydrogens (tertiary/aromatic N) is 1. The van der Waals surface area contributed by atoms with Crippen LogP contribution >= 0.6 is 35.0 Å². The Hall–Kier alpha value is -2.67. The van der Waals surface area contributed by atoms with E-state index in [1.807, 2.05) is 60.7 Å². The number of hydrogen-bond donors (Lipinski definition) is 1. The predicted molar refractivity (Wildman–Crippen MR) is 161 cm³/mol. The first-order valence-corrected chi connectivity index (χ1v) is 15.1. The first-order valence-electron chi connectivity index (χ1n) is 13.2. The fourth-order valence-corrected chi connectivity index (χ4v) is 6.15. The highest BCUT2D eigenvalue weighted by molar-refractivity contribution is 7.99. The van der Waals surface area contributed by atoms with Crippen molar-refractivity contribution in [2.75, 3.05) is 12.9 Å². The van der Waals surface area contributed by atoms with Crippen LogP contribution in [0.1, 0.15) is 42.4 Å². The van der Waals surface area contributed by atoms with Crippen molar-refractivity contribution in [3.63, 3.8) is 0 Å². The van der Waals surface area contributed by atoms with Crippen LogP contribution in [0.25, 0.3) is 0 Å². The SMILES string of the molecule is COc1ccc(CSCC(=O)N(Cc2ccc(Cl)cc2Cl)[C@@H](Cc2ccccc2)C(=O)NC2CCCC2)cc1. The van der Waals surface area contributed by atoms with E-state index in [9.17, 15) is 9.59 Å². The molecule has 1 aliphatic rings. The van der Waals surface area contributed by atoms with Crippen molar-refractivity contribution in [1.82, 2.24) is 10.2 Å². The molecule has 0 aromatic heterocycles. The molecule has 1 aliphatic carbocycles. The van der Waals surface area contributed by atoms with Crippen LogP contribution < -0.4 is 10.1 Å². The van der Waals surface area contributed by atoms with E-state index in [1.165, 1.54) is 11.8 Å². The number of carbonyl (C=O) groups excluding carboxylic acids is 2. The Labute approximate surface area is 245 Å². The van der Waals surface area contributed by atoms with Gasteiger partial charge in [0.05, 0.1) is 12.9 Å². The van der Waals surface area contributed by atoms with E-state index in [0.717, 1.165) is 48.1 Å². The lowest BCUT2D eigenvalue weighted by molar-refractivity contribution is -0.139. The standard InChI is InChI=1S/C31H34Cl2N2O3S/c1-38-27-15-11-23(12-16-27)20-39-21-30(36)35(19-24-13-14-25(32)18-28(24)33)29(17-22-7-3-2-4-8-22)31(37)34-26-9-5-6-10-26/h2-4,7-8,11-16,18,26,29H,5-6,9-10,17,19-21H2,1H3,(H,34,37)/t29-/m0/s1. The first-order chi connectivity index (χ1) is 18.9. The molecule has 1 atom stereocenters. The van der Waals surface area contributed by atoms with Crippen LogP contribution in [-0.2, 0) is 28.3 Å². The molecule has 8 heteroatoms. The van der Waals surface area contributed by atoms with Crippen LogP contribution in [0.15, 0.2) is 72.8 Å². The summed E-state index contributed by atoms with van der Waals surface area (Å²) in [6, 6.07) is 22.4. The molecule has 5 nitrogen and oxygen atoms in total. The molecule has 0 bridgehead atoms. The van der Waals surface area contributed by atoms with Crippen molar-refractivity contribution in [3.8, 4) is 5.75 Å².